The summed E-state index contributed by atoms with van der Waals surface area (Å²) in [5.74, 6) is -1.04. The van der Waals surface area contributed by atoms with Crippen molar-refractivity contribution in [3.8, 4) is 0 Å². The van der Waals surface area contributed by atoms with Crippen LogP contribution in [0.5, 0.6) is 0 Å². The molecule has 98 valence electrons. The molecule has 0 radical (unpaired) electrons. The Labute approximate surface area is 103 Å². The quantitative estimate of drug-likeness (QED) is 0.726. The predicted molar refractivity (Wildman–Crippen MR) is 65.7 cm³/mol. The molecule has 2 unspecified atom stereocenters. The number of carboxylic acids is 1. The van der Waals surface area contributed by atoms with E-state index < -0.39 is 5.97 Å². The maximum Gasteiger partial charge on any atom is 0.308 e. The zero-order valence-corrected chi connectivity index (χ0v) is 10.8. The van der Waals surface area contributed by atoms with E-state index >= 15 is 0 Å². The molecule has 1 heterocycles. The summed E-state index contributed by atoms with van der Waals surface area (Å²) in [5.41, 5.74) is 0. The average molecular weight is 241 g/mol. The largest absolute Gasteiger partial charge is 0.481 e. The molecule has 0 aromatic carbocycles. The van der Waals surface area contributed by atoms with Gasteiger partial charge in [-0.1, -0.05) is 26.2 Å². The monoisotopic (exact) mass is 241 g/mol. The lowest BCUT2D eigenvalue weighted by Crippen LogP contribution is -2.37. The normalized spacial score (nSPS) is 24.0. The van der Waals surface area contributed by atoms with Crippen molar-refractivity contribution in [2.75, 3.05) is 6.54 Å². The third kappa shape index (κ3) is 3.72. The third-order valence-corrected chi connectivity index (χ3v) is 3.64. The zero-order valence-electron chi connectivity index (χ0n) is 10.8. The molecule has 4 nitrogen and oxygen atoms in total. The minimum atomic E-state index is -0.779. The van der Waals surface area contributed by atoms with E-state index in [9.17, 15) is 9.59 Å². The Kier molecular flexibility index (Phi) is 5.45. The molecule has 0 aromatic rings. The van der Waals surface area contributed by atoms with E-state index in [4.69, 9.17) is 5.11 Å². The Hall–Kier alpha value is -1.06. The van der Waals surface area contributed by atoms with Gasteiger partial charge >= 0.3 is 5.97 Å². The van der Waals surface area contributed by atoms with Crippen molar-refractivity contribution in [2.24, 2.45) is 5.92 Å². The van der Waals surface area contributed by atoms with Gasteiger partial charge in [-0.3, -0.25) is 9.59 Å². The summed E-state index contributed by atoms with van der Waals surface area (Å²) in [6, 6.07) is -0.147. The summed E-state index contributed by atoms with van der Waals surface area (Å²) in [7, 11) is 0. The summed E-state index contributed by atoms with van der Waals surface area (Å²) in [6.45, 7) is 4.59. The van der Waals surface area contributed by atoms with Crippen molar-refractivity contribution >= 4 is 11.9 Å². The van der Waals surface area contributed by atoms with Crippen molar-refractivity contribution in [1.29, 1.82) is 0 Å². The van der Waals surface area contributed by atoms with Crippen LogP contribution in [-0.2, 0) is 9.59 Å². The average Bonchev–Trinajstić information content (AvgIpc) is 2.66. The first kappa shape index (κ1) is 14.0. The Morgan fingerprint density at radius 1 is 1.29 bits per heavy atom. The molecule has 0 spiro atoms. The van der Waals surface area contributed by atoms with E-state index in [-0.39, 0.29) is 17.9 Å². The number of carboxylic acid groups (broad SMARTS) is 1. The molecule has 1 saturated heterocycles. The smallest absolute Gasteiger partial charge is 0.308 e. The Balaban J connectivity index is 2.35. The van der Waals surface area contributed by atoms with Crippen molar-refractivity contribution < 1.29 is 14.7 Å². The number of carbonyl (C=O) groups is 2. The molecule has 1 N–H and O–H groups in total. The van der Waals surface area contributed by atoms with Gasteiger partial charge in [0.05, 0.1) is 5.92 Å². The predicted octanol–water partition coefficient (Wildman–Crippen LogP) is 2.28. The Morgan fingerprint density at radius 2 is 2.00 bits per heavy atom. The summed E-state index contributed by atoms with van der Waals surface area (Å²) in [5, 5.41) is 8.99. The van der Waals surface area contributed by atoms with Gasteiger partial charge in [0.1, 0.15) is 0 Å². The maximum atomic E-state index is 11.9. The lowest BCUT2D eigenvalue weighted by atomic mass is 10.0. The topological polar surface area (TPSA) is 57.6 Å². The molecule has 1 rings (SSSR count). The van der Waals surface area contributed by atoms with Gasteiger partial charge in [-0.05, 0) is 19.8 Å². The van der Waals surface area contributed by atoms with Gasteiger partial charge in [0.15, 0.2) is 0 Å². The van der Waals surface area contributed by atoms with Crippen molar-refractivity contribution in [1.82, 2.24) is 4.90 Å². The van der Waals surface area contributed by atoms with Crippen molar-refractivity contribution in [3.63, 3.8) is 0 Å². The van der Waals surface area contributed by atoms with Crippen LogP contribution in [0, 0.1) is 5.92 Å². The van der Waals surface area contributed by atoms with E-state index in [0.29, 0.717) is 19.4 Å². The van der Waals surface area contributed by atoms with Crippen LogP contribution in [-0.4, -0.2) is 34.5 Å². The van der Waals surface area contributed by atoms with Crippen LogP contribution in [0.15, 0.2) is 0 Å². The van der Waals surface area contributed by atoms with Gasteiger partial charge in [-0.15, -0.1) is 0 Å². The molecule has 0 saturated carbocycles. The number of carbonyl (C=O) groups excluding carboxylic acids is 1. The number of hydrogen-bond acceptors (Lipinski definition) is 2. The van der Waals surface area contributed by atoms with E-state index in [1.165, 1.54) is 6.42 Å². The van der Waals surface area contributed by atoms with Gasteiger partial charge in [0, 0.05) is 19.0 Å². The molecule has 17 heavy (non-hydrogen) atoms. The molecule has 1 amide bonds. The van der Waals surface area contributed by atoms with E-state index in [0.717, 1.165) is 19.3 Å². The van der Waals surface area contributed by atoms with Gasteiger partial charge in [0.25, 0.3) is 0 Å². The second-order valence-corrected chi connectivity index (χ2v) is 4.87. The summed E-state index contributed by atoms with van der Waals surface area (Å²) in [6.07, 6.45) is 5.50. The fourth-order valence-corrected chi connectivity index (χ4v) is 2.47. The molecule has 1 fully saturated rings. The highest BCUT2D eigenvalue weighted by Gasteiger charge is 2.37. The fraction of sp³-hybridized carbons (Fsp3) is 0.846. The second kappa shape index (κ2) is 6.62. The van der Waals surface area contributed by atoms with Gasteiger partial charge in [0.2, 0.25) is 5.91 Å². The lowest BCUT2D eigenvalue weighted by molar-refractivity contribution is -0.143. The van der Waals surface area contributed by atoms with Gasteiger partial charge < -0.3 is 10.0 Å². The molecule has 1 aliphatic rings. The van der Waals surface area contributed by atoms with Crippen molar-refractivity contribution in [2.45, 2.75) is 58.4 Å². The van der Waals surface area contributed by atoms with Crippen LogP contribution in [0.3, 0.4) is 0 Å². The molecule has 0 aromatic heterocycles. The number of unbranched alkanes of at least 4 members (excludes halogenated alkanes) is 3. The van der Waals surface area contributed by atoms with Crippen LogP contribution in [0.4, 0.5) is 0 Å². The first-order chi connectivity index (χ1) is 8.07. The van der Waals surface area contributed by atoms with Crippen LogP contribution in [0.2, 0.25) is 0 Å². The summed E-state index contributed by atoms with van der Waals surface area (Å²) < 4.78 is 0. The molecular weight excluding hydrogens is 218 g/mol. The lowest BCUT2D eigenvalue weighted by Gasteiger charge is -2.23. The number of hydrogen-bond donors (Lipinski definition) is 1. The van der Waals surface area contributed by atoms with E-state index in [1.807, 2.05) is 6.92 Å². The third-order valence-electron chi connectivity index (χ3n) is 3.64. The summed E-state index contributed by atoms with van der Waals surface area (Å²) in [4.78, 5) is 24.6. The minimum Gasteiger partial charge on any atom is -0.481 e. The Morgan fingerprint density at radius 3 is 2.53 bits per heavy atom. The number of aliphatic carboxylic acids is 1. The Bertz CT molecular complexity index is 278. The molecule has 2 atom stereocenters. The zero-order chi connectivity index (χ0) is 12.8. The van der Waals surface area contributed by atoms with Gasteiger partial charge in [-0.25, -0.2) is 0 Å². The highest BCUT2D eigenvalue weighted by Crippen LogP contribution is 2.25. The highest BCUT2D eigenvalue weighted by molar-refractivity contribution is 5.79. The molecule has 0 aliphatic carbocycles. The minimum absolute atomic E-state index is 0.123. The van der Waals surface area contributed by atoms with E-state index in [1.54, 1.807) is 4.90 Å². The standard InChI is InChI=1S/C13H23NO3/c1-3-4-5-6-7-12(15)14-9-8-11(10(14)2)13(16)17/h10-11H,3-9H2,1-2H3,(H,16,17). The first-order valence-electron chi connectivity index (χ1n) is 6.60. The molecule has 1 aliphatic heterocycles. The molecule has 4 heteroatoms. The number of nitrogens with zero attached hydrogens (tertiary/aromatic N) is 1. The van der Waals surface area contributed by atoms with Crippen LogP contribution in [0.1, 0.15) is 52.4 Å². The fourth-order valence-electron chi connectivity index (χ4n) is 2.47. The van der Waals surface area contributed by atoms with Crippen LogP contribution in [0.25, 0.3) is 0 Å². The highest BCUT2D eigenvalue weighted by atomic mass is 16.4. The molecule has 0 bridgehead atoms. The molecular formula is C13H23NO3. The van der Waals surface area contributed by atoms with Crippen molar-refractivity contribution in [3.05, 3.63) is 0 Å². The SMILES string of the molecule is CCCCCCC(=O)N1CCC(C(=O)O)C1C. The second-order valence-electron chi connectivity index (χ2n) is 4.87. The summed E-state index contributed by atoms with van der Waals surface area (Å²) >= 11 is 0. The number of likely N-dealkylation sites (tertiary alicyclic amines) is 1. The van der Waals surface area contributed by atoms with Crippen LogP contribution >= 0.6 is 0 Å². The number of rotatable bonds is 6. The maximum absolute atomic E-state index is 11.9. The first-order valence-corrected chi connectivity index (χ1v) is 6.60. The van der Waals surface area contributed by atoms with E-state index in [2.05, 4.69) is 6.92 Å². The van der Waals surface area contributed by atoms with Crippen LogP contribution < -0.4 is 0 Å². The number of amides is 1. The van der Waals surface area contributed by atoms with Gasteiger partial charge in [-0.2, -0.15) is 0 Å².